The molecule has 0 aliphatic carbocycles. The van der Waals surface area contributed by atoms with Gasteiger partial charge < -0.3 is 10.6 Å². The molecule has 0 bridgehead atoms. The molecule has 0 aliphatic heterocycles. The largest absolute Gasteiger partial charge is 0.352 e. The van der Waals surface area contributed by atoms with Crippen molar-refractivity contribution < 1.29 is 0 Å². The summed E-state index contributed by atoms with van der Waals surface area (Å²) in [5, 5.41) is 10.9. The summed E-state index contributed by atoms with van der Waals surface area (Å²) >= 11 is 0. The average molecular weight is 327 g/mol. The van der Waals surface area contributed by atoms with E-state index in [0.29, 0.717) is 12.5 Å². The molecular formula is C19H29N5. The smallest absolute Gasteiger partial charge is 0.191 e. The number of aryl methyl sites for hydroxylation is 1. The van der Waals surface area contributed by atoms with E-state index in [0.717, 1.165) is 17.9 Å². The van der Waals surface area contributed by atoms with Crippen LogP contribution in [0, 0.1) is 5.92 Å². The third-order valence-corrected chi connectivity index (χ3v) is 3.92. The topological polar surface area (TPSA) is 54.2 Å². The summed E-state index contributed by atoms with van der Waals surface area (Å²) in [5.74, 6) is 1.47. The summed E-state index contributed by atoms with van der Waals surface area (Å²) in [6.45, 7) is 7.34. The predicted octanol–water partition coefficient (Wildman–Crippen LogP) is 3.04. The summed E-state index contributed by atoms with van der Waals surface area (Å²) in [5.41, 5.74) is 3.78. The van der Waals surface area contributed by atoms with E-state index in [9.17, 15) is 0 Å². The first-order valence-electron chi connectivity index (χ1n) is 8.51. The fourth-order valence-corrected chi connectivity index (χ4v) is 2.65. The normalized spacial score (nSPS) is 13.2. The van der Waals surface area contributed by atoms with Gasteiger partial charge in [0.15, 0.2) is 5.96 Å². The highest BCUT2D eigenvalue weighted by atomic mass is 15.2. The summed E-state index contributed by atoms with van der Waals surface area (Å²) < 4.78 is 1.80. The molecule has 0 radical (unpaired) electrons. The van der Waals surface area contributed by atoms with Gasteiger partial charge in [-0.2, -0.15) is 5.10 Å². The van der Waals surface area contributed by atoms with Gasteiger partial charge in [0.2, 0.25) is 0 Å². The van der Waals surface area contributed by atoms with Crippen molar-refractivity contribution in [2.75, 3.05) is 7.05 Å². The molecule has 2 aromatic rings. The van der Waals surface area contributed by atoms with Crippen LogP contribution >= 0.6 is 0 Å². The Morgan fingerprint density at radius 2 is 1.88 bits per heavy atom. The van der Waals surface area contributed by atoms with Gasteiger partial charge >= 0.3 is 0 Å². The van der Waals surface area contributed by atoms with Crippen LogP contribution in [0.3, 0.4) is 0 Å². The van der Waals surface area contributed by atoms with E-state index >= 15 is 0 Å². The summed E-state index contributed by atoms with van der Waals surface area (Å²) in [4.78, 5) is 4.30. The van der Waals surface area contributed by atoms with E-state index in [2.05, 4.69) is 65.8 Å². The number of nitrogens with one attached hydrogen (secondary N) is 2. The quantitative estimate of drug-likeness (QED) is 0.633. The Balaban J connectivity index is 1.90. The second kappa shape index (κ2) is 8.52. The molecule has 2 N–H and O–H groups in total. The van der Waals surface area contributed by atoms with Crippen molar-refractivity contribution in [2.45, 2.75) is 39.8 Å². The lowest BCUT2D eigenvalue weighted by Gasteiger charge is -2.18. The number of guanidine groups is 1. The van der Waals surface area contributed by atoms with Gasteiger partial charge in [-0.05, 0) is 30.4 Å². The SMILES string of the molecule is CN=C(NCc1cnn(C)c1)NC(C)c1ccc(CC(C)C)cc1. The van der Waals surface area contributed by atoms with Crippen LogP contribution in [0.4, 0.5) is 0 Å². The van der Waals surface area contributed by atoms with Crippen LogP contribution in [0.15, 0.2) is 41.7 Å². The van der Waals surface area contributed by atoms with E-state index in [1.165, 1.54) is 11.1 Å². The lowest BCUT2D eigenvalue weighted by Crippen LogP contribution is -2.38. The van der Waals surface area contributed by atoms with Gasteiger partial charge in [0.05, 0.1) is 12.2 Å². The molecule has 2 rings (SSSR count). The molecule has 0 saturated heterocycles. The molecule has 1 aromatic heterocycles. The van der Waals surface area contributed by atoms with Crippen molar-refractivity contribution in [2.24, 2.45) is 18.0 Å². The Hall–Kier alpha value is -2.30. The van der Waals surface area contributed by atoms with Crippen LogP contribution in [0.5, 0.6) is 0 Å². The number of benzene rings is 1. The van der Waals surface area contributed by atoms with Crippen molar-refractivity contribution in [3.05, 3.63) is 53.3 Å². The van der Waals surface area contributed by atoms with Crippen molar-refractivity contribution in [3.8, 4) is 0 Å². The second-order valence-electron chi connectivity index (χ2n) is 6.65. The standard InChI is InChI=1S/C19H29N5/c1-14(2)10-16-6-8-18(9-7-16)15(3)23-19(20-4)21-11-17-12-22-24(5)13-17/h6-9,12-15H,10-11H2,1-5H3,(H2,20,21,23). The maximum Gasteiger partial charge on any atom is 0.191 e. The minimum Gasteiger partial charge on any atom is -0.352 e. The molecule has 0 fully saturated rings. The summed E-state index contributed by atoms with van der Waals surface area (Å²) in [7, 11) is 3.71. The first-order valence-corrected chi connectivity index (χ1v) is 8.51. The lowest BCUT2D eigenvalue weighted by molar-refractivity contribution is 0.645. The molecule has 0 aliphatic rings. The van der Waals surface area contributed by atoms with Crippen LogP contribution in [0.1, 0.15) is 43.5 Å². The monoisotopic (exact) mass is 327 g/mol. The third-order valence-electron chi connectivity index (χ3n) is 3.92. The van der Waals surface area contributed by atoms with Crippen LogP contribution in [-0.4, -0.2) is 22.8 Å². The predicted molar refractivity (Wildman–Crippen MR) is 99.9 cm³/mol. The number of aliphatic imine (C=N–C) groups is 1. The highest BCUT2D eigenvalue weighted by Gasteiger charge is 2.08. The average Bonchev–Trinajstić information content (AvgIpc) is 2.96. The molecule has 1 heterocycles. The van der Waals surface area contributed by atoms with E-state index in [4.69, 9.17) is 0 Å². The molecule has 1 unspecified atom stereocenters. The molecule has 0 spiro atoms. The number of hydrogen-bond donors (Lipinski definition) is 2. The third kappa shape index (κ3) is 5.41. The van der Waals surface area contributed by atoms with Gasteiger partial charge in [-0.3, -0.25) is 9.67 Å². The Morgan fingerprint density at radius 3 is 2.42 bits per heavy atom. The lowest BCUT2D eigenvalue weighted by atomic mass is 10.00. The first kappa shape index (κ1) is 18.0. The van der Waals surface area contributed by atoms with Crippen molar-refractivity contribution in [1.29, 1.82) is 0 Å². The molecule has 5 nitrogen and oxygen atoms in total. The Labute approximate surface area is 145 Å². The van der Waals surface area contributed by atoms with Gasteiger partial charge in [-0.15, -0.1) is 0 Å². The van der Waals surface area contributed by atoms with Crippen molar-refractivity contribution in [3.63, 3.8) is 0 Å². The second-order valence-corrected chi connectivity index (χ2v) is 6.65. The van der Waals surface area contributed by atoms with Gasteiger partial charge in [0.25, 0.3) is 0 Å². The van der Waals surface area contributed by atoms with E-state index in [1.807, 2.05) is 19.4 Å². The van der Waals surface area contributed by atoms with Crippen molar-refractivity contribution >= 4 is 5.96 Å². The molecule has 24 heavy (non-hydrogen) atoms. The molecule has 1 aromatic carbocycles. The zero-order valence-electron chi connectivity index (χ0n) is 15.4. The molecule has 0 saturated carbocycles. The fourth-order valence-electron chi connectivity index (χ4n) is 2.65. The van der Waals surface area contributed by atoms with Crippen molar-refractivity contribution in [1.82, 2.24) is 20.4 Å². The molecular weight excluding hydrogens is 298 g/mol. The summed E-state index contributed by atoms with van der Waals surface area (Å²) in [6.07, 6.45) is 4.98. The summed E-state index contributed by atoms with van der Waals surface area (Å²) in [6, 6.07) is 9.03. The molecule has 1 atom stereocenters. The fraction of sp³-hybridized carbons (Fsp3) is 0.474. The Kier molecular flexibility index (Phi) is 6.41. The Bertz CT molecular complexity index is 655. The maximum absolute atomic E-state index is 4.30. The van der Waals surface area contributed by atoms with Gasteiger partial charge in [0, 0.05) is 32.4 Å². The zero-order valence-corrected chi connectivity index (χ0v) is 15.4. The minimum absolute atomic E-state index is 0.193. The van der Waals surface area contributed by atoms with Crippen LogP contribution in [0.2, 0.25) is 0 Å². The highest BCUT2D eigenvalue weighted by Crippen LogP contribution is 2.15. The molecule has 130 valence electrons. The number of hydrogen-bond acceptors (Lipinski definition) is 2. The first-order chi connectivity index (χ1) is 11.5. The Morgan fingerprint density at radius 1 is 1.17 bits per heavy atom. The van der Waals surface area contributed by atoms with E-state index in [1.54, 1.807) is 11.7 Å². The zero-order chi connectivity index (χ0) is 17.5. The highest BCUT2D eigenvalue weighted by molar-refractivity contribution is 5.80. The van der Waals surface area contributed by atoms with Crippen LogP contribution in [0.25, 0.3) is 0 Å². The van der Waals surface area contributed by atoms with Gasteiger partial charge in [-0.25, -0.2) is 0 Å². The number of rotatable bonds is 6. The van der Waals surface area contributed by atoms with Gasteiger partial charge in [0.1, 0.15) is 0 Å². The van der Waals surface area contributed by atoms with Crippen LogP contribution in [-0.2, 0) is 20.0 Å². The minimum atomic E-state index is 0.193. The van der Waals surface area contributed by atoms with Crippen LogP contribution < -0.4 is 10.6 Å². The van der Waals surface area contributed by atoms with Gasteiger partial charge in [-0.1, -0.05) is 38.1 Å². The number of nitrogens with zero attached hydrogens (tertiary/aromatic N) is 3. The molecule has 0 amide bonds. The maximum atomic E-state index is 4.30. The molecule has 5 heteroatoms. The number of aromatic nitrogens is 2. The van der Waals surface area contributed by atoms with E-state index < -0.39 is 0 Å². The van der Waals surface area contributed by atoms with E-state index in [-0.39, 0.29) is 6.04 Å².